The van der Waals surface area contributed by atoms with Gasteiger partial charge in [0.15, 0.2) is 11.5 Å². The molecule has 1 aromatic carbocycles. The van der Waals surface area contributed by atoms with Gasteiger partial charge in [-0.25, -0.2) is 8.42 Å². The van der Waals surface area contributed by atoms with Crippen LogP contribution in [0.4, 0.5) is 0 Å². The topological polar surface area (TPSA) is 55.8 Å². The van der Waals surface area contributed by atoms with Crippen LogP contribution in [0.15, 0.2) is 18.2 Å². The van der Waals surface area contributed by atoms with Crippen LogP contribution in [0.1, 0.15) is 10.9 Å². The number of nitrogens with zero attached hydrogens (tertiary/aromatic N) is 1. The lowest BCUT2D eigenvalue weighted by atomic mass is 10.2. The molecule has 5 nitrogen and oxygen atoms in total. The van der Waals surface area contributed by atoms with Crippen LogP contribution < -0.4 is 9.47 Å². The van der Waals surface area contributed by atoms with Crippen LogP contribution in [0.3, 0.4) is 0 Å². The molecule has 0 amide bonds. The predicted molar refractivity (Wildman–Crippen MR) is 76.3 cm³/mol. The summed E-state index contributed by atoms with van der Waals surface area (Å²) in [6.07, 6.45) is 1.24. The maximum absolute atomic E-state index is 11.8. The molecule has 7 heteroatoms. The molecule has 1 saturated heterocycles. The molecule has 0 aromatic heterocycles. The zero-order chi connectivity index (χ0) is 14.0. The minimum atomic E-state index is -3.19. The molecule has 0 unspecified atom stereocenters. The molecule has 0 aliphatic carbocycles. The minimum absolute atomic E-state index is 0.185. The van der Waals surface area contributed by atoms with Crippen LogP contribution in [0.2, 0.25) is 0 Å². The molecule has 19 heavy (non-hydrogen) atoms. The molecular weight excluding hydrogens is 286 g/mol. The first-order chi connectivity index (χ1) is 8.97. The van der Waals surface area contributed by atoms with Gasteiger partial charge in [-0.2, -0.15) is 4.31 Å². The standard InChI is InChI=1S/C12H17NO4S2/c1-16-10-5-4-9(8-11(10)17-2)12-13(6-7-18-12)19(3,14)15/h4-5,8,12H,6-7H2,1-3H3/t12-/m0/s1. The second-order valence-corrected chi connectivity index (χ2v) is 7.33. The number of rotatable bonds is 4. The Morgan fingerprint density at radius 2 is 1.95 bits per heavy atom. The molecule has 2 rings (SSSR count). The van der Waals surface area contributed by atoms with Crippen molar-refractivity contribution in [2.75, 3.05) is 32.8 Å². The van der Waals surface area contributed by atoms with Crippen LogP contribution in [-0.4, -0.2) is 45.5 Å². The molecule has 106 valence electrons. The first kappa shape index (κ1) is 14.5. The highest BCUT2D eigenvalue weighted by atomic mass is 32.2. The Kier molecular flexibility index (Phi) is 4.27. The number of sulfonamides is 1. The van der Waals surface area contributed by atoms with Crippen LogP contribution in [0.5, 0.6) is 11.5 Å². The van der Waals surface area contributed by atoms with Crippen molar-refractivity contribution in [3.05, 3.63) is 23.8 Å². The van der Waals surface area contributed by atoms with Crippen molar-refractivity contribution in [3.8, 4) is 11.5 Å². The molecule has 0 saturated carbocycles. The van der Waals surface area contributed by atoms with Gasteiger partial charge < -0.3 is 9.47 Å². The van der Waals surface area contributed by atoms with E-state index in [4.69, 9.17) is 9.47 Å². The van der Waals surface area contributed by atoms with E-state index in [0.29, 0.717) is 18.0 Å². The van der Waals surface area contributed by atoms with Crippen LogP contribution in [0.25, 0.3) is 0 Å². The maximum Gasteiger partial charge on any atom is 0.212 e. The SMILES string of the molecule is COc1ccc([C@@H]2SCCN2S(C)(=O)=O)cc1OC. The first-order valence-electron chi connectivity index (χ1n) is 5.77. The monoisotopic (exact) mass is 303 g/mol. The zero-order valence-corrected chi connectivity index (χ0v) is 12.8. The third-order valence-electron chi connectivity index (χ3n) is 2.97. The summed E-state index contributed by atoms with van der Waals surface area (Å²) in [7, 11) is -0.0534. The van der Waals surface area contributed by atoms with E-state index in [1.54, 1.807) is 32.0 Å². The third kappa shape index (κ3) is 2.98. The Hall–Kier alpha value is -0.920. The van der Waals surface area contributed by atoms with Gasteiger partial charge in [0.25, 0.3) is 0 Å². The van der Waals surface area contributed by atoms with Crippen LogP contribution in [-0.2, 0) is 10.0 Å². The molecule has 1 aromatic rings. The number of hydrogen-bond acceptors (Lipinski definition) is 5. The van der Waals surface area contributed by atoms with E-state index >= 15 is 0 Å². The average molecular weight is 303 g/mol. The first-order valence-corrected chi connectivity index (χ1v) is 8.67. The van der Waals surface area contributed by atoms with E-state index in [2.05, 4.69) is 0 Å². The summed E-state index contributed by atoms with van der Waals surface area (Å²) in [5.74, 6) is 2.05. The molecule has 1 aliphatic heterocycles. The lowest BCUT2D eigenvalue weighted by Crippen LogP contribution is -2.29. The van der Waals surface area contributed by atoms with Gasteiger partial charge in [-0.1, -0.05) is 6.07 Å². The highest BCUT2D eigenvalue weighted by Crippen LogP contribution is 2.42. The van der Waals surface area contributed by atoms with E-state index in [0.717, 1.165) is 11.3 Å². The molecule has 1 aliphatic rings. The number of thioether (sulfide) groups is 1. The number of ether oxygens (including phenoxy) is 2. The van der Waals surface area contributed by atoms with Crippen molar-refractivity contribution in [1.29, 1.82) is 0 Å². The Bertz CT molecular complexity index is 559. The van der Waals surface area contributed by atoms with Gasteiger partial charge in [0, 0.05) is 12.3 Å². The summed E-state index contributed by atoms with van der Waals surface area (Å²) in [4.78, 5) is 0. The Balaban J connectivity index is 2.36. The molecular formula is C12H17NO4S2. The average Bonchev–Trinajstić information content (AvgIpc) is 2.87. The summed E-state index contributed by atoms with van der Waals surface area (Å²) in [5, 5.41) is -0.185. The third-order valence-corrected chi connectivity index (χ3v) is 5.61. The van der Waals surface area contributed by atoms with Crippen molar-refractivity contribution < 1.29 is 17.9 Å². The molecule has 0 radical (unpaired) electrons. The summed E-state index contributed by atoms with van der Waals surface area (Å²) in [6, 6.07) is 5.51. The Morgan fingerprint density at radius 1 is 1.26 bits per heavy atom. The van der Waals surface area contributed by atoms with Gasteiger partial charge in [0.1, 0.15) is 0 Å². The molecule has 0 N–H and O–H groups in total. The van der Waals surface area contributed by atoms with Crippen molar-refractivity contribution >= 4 is 21.8 Å². The summed E-state index contributed by atoms with van der Waals surface area (Å²) < 4.78 is 35.5. The fourth-order valence-electron chi connectivity index (χ4n) is 2.06. The normalized spacial score (nSPS) is 20.5. The Labute approximate surface area is 117 Å². The van der Waals surface area contributed by atoms with E-state index in [9.17, 15) is 8.42 Å². The zero-order valence-electron chi connectivity index (χ0n) is 11.1. The summed E-state index contributed by atoms with van der Waals surface area (Å²) >= 11 is 1.61. The van der Waals surface area contributed by atoms with Gasteiger partial charge in [-0.05, 0) is 17.7 Å². The minimum Gasteiger partial charge on any atom is -0.493 e. The lowest BCUT2D eigenvalue weighted by molar-refractivity contribution is 0.353. The second kappa shape index (κ2) is 5.60. The number of methoxy groups -OCH3 is 2. The largest absolute Gasteiger partial charge is 0.493 e. The van der Waals surface area contributed by atoms with Gasteiger partial charge in [-0.3, -0.25) is 0 Å². The van der Waals surface area contributed by atoms with E-state index < -0.39 is 10.0 Å². The fraction of sp³-hybridized carbons (Fsp3) is 0.500. The highest BCUT2D eigenvalue weighted by molar-refractivity contribution is 8.00. The highest BCUT2D eigenvalue weighted by Gasteiger charge is 2.33. The fourth-order valence-corrected chi connectivity index (χ4v) is 4.86. The van der Waals surface area contributed by atoms with Gasteiger partial charge >= 0.3 is 0 Å². The summed E-state index contributed by atoms with van der Waals surface area (Å²) in [5.41, 5.74) is 0.908. The summed E-state index contributed by atoms with van der Waals surface area (Å²) in [6.45, 7) is 0.544. The molecule has 1 atom stereocenters. The molecule has 1 heterocycles. The smallest absolute Gasteiger partial charge is 0.212 e. The molecule has 0 spiro atoms. The van der Waals surface area contributed by atoms with Crippen molar-refractivity contribution in [2.45, 2.75) is 5.37 Å². The number of hydrogen-bond donors (Lipinski definition) is 0. The second-order valence-electron chi connectivity index (χ2n) is 4.21. The van der Waals surface area contributed by atoms with Crippen molar-refractivity contribution in [3.63, 3.8) is 0 Å². The lowest BCUT2D eigenvalue weighted by Gasteiger charge is -2.22. The van der Waals surface area contributed by atoms with Gasteiger partial charge in [-0.15, -0.1) is 11.8 Å². The predicted octanol–water partition coefficient (Wildman–Crippen LogP) is 1.71. The van der Waals surface area contributed by atoms with Crippen LogP contribution in [0, 0.1) is 0 Å². The van der Waals surface area contributed by atoms with Crippen LogP contribution >= 0.6 is 11.8 Å². The Morgan fingerprint density at radius 3 is 2.53 bits per heavy atom. The van der Waals surface area contributed by atoms with E-state index in [1.165, 1.54) is 10.6 Å². The molecule has 0 bridgehead atoms. The number of benzene rings is 1. The maximum atomic E-state index is 11.8. The van der Waals surface area contributed by atoms with Gasteiger partial charge in [0.05, 0.1) is 25.8 Å². The van der Waals surface area contributed by atoms with E-state index in [1.807, 2.05) is 12.1 Å². The van der Waals surface area contributed by atoms with E-state index in [-0.39, 0.29) is 5.37 Å². The quantitative estimate of drug-likeness (QED) is 0.847. The van der Waals surface area contributed by atoms with Crippen molar-refractivity contribution in [1.82, 2.24) is 4.31 Å². The molecule has 1 fully saturated rings. The van der Waals surface area contributed by atoms with Gasteiger partial charge in [0.2, 0.25) is 10.0 Å². The van der Waals surface area contributed by atoms with Crippen molar-refractivity contribution in [2.24, 2.45) is 0 Å².